The van der Waals surface area contributed by atoms with Crippen molar-refractivity contribution in [2.24, 2.45) is 5.18 Å². The van der Waals surface area contributed by atoms with Gasteiger partial charge in [-0.1, -0.05) is 0 Å². The number of hydrogen-bond acceptors (Lipinski definition) is 6. The van der Waals surface area contributed by atoms with Crippen LogP contribution in [0.2, 0.25) is 0 Å². The fourth-order valence-corrected chi connectivity index (χ4v) is 1.75. The van der Waals surface area contributed by atoms with E-state index >= 15 is 0 Å². The Morgan fingerprint density at radius 1 is 1.44 bits per heavy atom. The quantitative estimate of drug-likeness (QED) is 0.641. The number of rotatable bonds is 3. The van der Waals surface area contributed by atoms with Gasteiger partial charge in [-0.25, -0.2) is 0 Å². The van der Waals surface area contributed by atoms with Gasteiger partial charge < -0.3 is 5.73 Å². The van der Waals surface area contributed by atoms with Gasteiger partial charge in [-0.05, 0) is 35.1 Å². The summed E-state index contributed by atoms with van der Waals surface area (Å²) in [6.45, 7) is 0.326. The molecule has 7 nitrogen and oxygen atoms in total. The van der Waals surface area contributed by atoms with Crippen molar-refractivity contribution in [2.45, 2.75) is 6.54 Å². The van der Waals surface area contributed by atoms with Crippen molar-refractivity contribution < 1.29 is 0 Å². The number of pyridine rings is 1. The first kappa shape index (κ1) is 12.1. The summed E-state index contributed by atoms with van der Waals surface area (Å²) in [5.74, 6) is -0.0458. The second-order valence-electron chi connectivity index (χ2n) is 3.53. The van der Waals surface area contributed by atoms with E-state index in [1.165, 1.54) is 4.57 Å². The van der Waals surface area contributed by atoms with Crippen molar-refractivity contribution in [3.8, 4) is 0 Å². The first-order chi connectivity index (χ1) is 8.63. The Bertz CT molecular complexity index is 692. The normalized spacial score (nSPS) is 10.2. The van der Waals surface area contributed by atoms with Gasteiger partial charge in [0, 0.05) is 12.4 Å². The average Bonchev–Trinajstić information content (AvgIpc) is 2.36. The molecule has 0 aliphatic rings. The molecule has 0 amide bonds. The van der Waals surface area contributed by atoms with Gasteiger partial charge in [-0.15, -0.1) is 4.91 Å². The molecular formula is C10H9N5O2S. The summed E-state index contributed by atoms with van der Waals surface area (Å²) in [6.07, 6.45) is 3.25. The summed E-state index contributed by atoms with van der Waals surface area (Å²) >= 11 is 5.00. The van der Waals surface area contributed by atoms with Crippen LogP contribution in [0.3, 0.4) is 0 Å². The second-order valence-corrected chi connectivity index (χ2v) is 3.91. The van der Waals surface area contributed by atoms with E-state index in [0.717, 1.165) is 5.56 Å². The molecule has 0 fully saturated rings. The SMILES string of the molecule is Nc1c(N=O)c(=O)[nH]c(=S)n1Cc1ccncc1. The zero-order valence-corrected chi connectivity index (χ0v) is 9.98. The third-order valence-corrected chi connectivity index (χ3v) is 2.72. The van der Waals surface area contributed by atoms with Gasteiger partial charge >= 0.3 is 0 Å². The van der Waals surface area contributed by atoms with E-state index < -0.39 is 5.56 Å². The molecule has 92 valence electrons. The predicted molar refractivity (Wildman–Crippen MR) is 69.1 cm³/mol. The Morgan fingerprint density at radius 2 is 2.11 bits per heavy atom. The van der Waals surface area contributed by atoms with Crippen LogP contribution in [-0.2, 0) is 6.54 Å². The molecule has 0 unspecified atom stereocenters. The number of nitrogens with one attached hydrogen (secondary N) is 1. The summed E-state index contributed by atoms with van der Waals surface area (Å²) in [7, 11) is 0. The molecule has 8 heteroatoms. The Morgan fingerprint density at radius 3 is 2.72 bits per heavy atom. The van der Waals surface area contributed by atoms with Crippen LogP contribution < -0.4 is 11.3 Å². The number of nitrogens with two attached hydrogens (primary N) is 1. The maximum Gasteiger partial charge on any atom is 0.283 e. The van der Waals surface area contributed by atoms with E-state index in [1.807, 2.05) is 0 Å². The van der Waals surface area contributed by atoms with Crippen LogP contribution in [0.1, 0.15) is 5.56 Å². The molecule has 3 N–H and O–H groups in total. The Labute approximate surface area is 106 Å². The number of aromatic nitrogens is 3. The van der Waals surface area contributed by atoms with Gasteiger partial charge in [0.15, 0.2) is 4.77 Å². The van der Waals surface area contributed by atoms with E-state index in [9.17, 15) is 9.70 Å². The minimum Gasteiger partial charge on any atom is -0.383 e. The predicted octanol–water partition coefficient (Wildman–Crippen LogP) is 1.33. The topological polar surface area (TPSA) is 106 Å². The van der Waals surface area contributed by atoms with Gasteiger partial charge in [-0.3, -0.25) is 19.3 Å². The lowest BCUT2D eigenvalue weighted by molar-refractivity contribution is 0.757. The van der Waals surface area contributed by atoms with E-state index in [0.29, 0.717) is 6.54 Å². The Hall–Kier alpha value is -2.35. The van der Waals surface area contributed by atoms with E-state index in [1.54, 1.807) is 24.5 Å². The maximum atomic E-state index is 11.4. The second kappa shape index (κ2) is 4.88. The Balaban J connectivity index is 2.55. The molecule has 18 heavy (non-hydrogen) atoms. The molecular weight excluding hydrogens is 254 g/mol. The lowest BCUT2D eigenvalue weighted by Crippen LogP contribution is -2.18. The lowest BCUT2D eigenvalue weighted by Gasteiger charge is -2.10. The number of aromatic amines is 1. The van der Waals surface area contributed by atoms with Crippen molar-refractivity contribution in [2.75, 3.05) is 5.73 Å². The van der Waals surface area contributed by atoms with Crippen molar-refractivity contribution in [1.29, 1.82) is 0 Å². The fraction of sp³-hybridized carbons (Fsp3) is 0.100. The van der Waals surface area contributed by atoms with Crippen molar-refractivity contribution in [3.63, 3.8) is 0 Å². The highest BCUT2D eigenvalue weighted by Crippen LogP contribution is 2.17. The molecule has 2 aromatic rings. The van der Waals surface area contributed by atoms with E-state index in [-0.39, 0.29) is 16.3 Å². The number of nitroso groups, excluding NO2 is 1. The maximum absolute atomic E-state index is 11.4. The molecule has 0 saturated heterocycles. The van der Waals surface area contributed by atoms with Crippen molar-refractivity contribution >= 4 is 23.7 Å². The van der Waals surface area contributed by atoms with Crippen LogP contribution in [0.5, 0.6) is 0 Å². The van der Waals surface area contributed by atoms with E-state index in [4.69, 9.17) is 18.0 Å². The molecule has 0 saturated carbocycles. The van der Waals surface area contributed by atoms with Crippen molar-refractivity contribution in [3.05, 3.63) is 50.1 Å². The molecule has 0 atom stereocenters. The monoisotopic (exact) mass is 263 g/mol. The van der Waals surface area contributed by atoms with Gasteiger partial charge in [-0.2, -0.15) is 0 Å². The van der Waals surface area contributed by atoms with Crippen LogP contribution in [0, 0.1) is 9.68 Å². The number of hydrogen-bond donors (Lipinski definition) is 2. The average molecular weight is 263 g/mol. The molecule has 0 radical (unpaired) electrons. The molecule has 0 aliphatic carbocycles. The van der Waals surface area contributed by atoms with Gasteiger partial charge in [0.1, 0.15) is 5.82 Å². The van der Waals surface area contributed by atoms with Crippen LogP contribution in [-0.4, -0.2) is 14.5 Å². The van der Waals surface area contributed by atoms with Gasteiger partial charge in [0.05, 0.1) is 6.54 Å². The highest BCUT2D eigenvalue weighted by atomic mass is 32.1. The highest BCUT2D eigenvalue weighted by Gasteiger charge is 2.11. The molecule has 0 aliphatic heterocycles. The molecule has 2 heterocycles. The lowest BCUT2D eigenvalue weighted by atomic mass is 10.2. The third-order valence-electron chi connectivity index (χ3n) is 2.40. The van der Waals surface area contributed by atoms with E-state index in [2.05, 4.69) is 15.1 Å². The Kier molecular flexibility index (Phi) is 3.28. The summed E-state index contributed by atoms with van der Waals surface area (Å²) < 4.78 is 1.57. The largest absolute Gasteiger partial charge is 0.383 e. The first-order valence-electron chi connectivity index (χ1n) is 4.98. The first-order valence-corrected chi connectivity index (χ1v) is 5.39. The summed E-state index contributed by atoms with van der Waals surface area (Å²) in [6, 6.07) is 3.56. The number of anilines is 1. The molecule has 0 bridgehead atoms. The minimum atomic E-state index is -0.682. The highest BCUT2D eigenvalue weighted by molar-refractivity contribution is 7.71. The minimum absolute atomic E-state index is 0.0458. The fourth-order valence-electron chi connectivity index (χ4n) is 1.49. The molecule has 2 aromatic heterocycles. The van der Waals surface area contributed by atoms with Gasteiger partial charge in [0.2, 0.25) is 5.69 Å². The molecule has 0 spiro atoms. The summed E-state index contributed by atoms with van der Waals surface area (Å²) in [4.78, 5) is 28.2. The van der Waals surface area contributed by atoms with Crippen LogP contribution >= 0.6 is 12.2 Å². The van der Waals surface area contributed by atoms with Crippen molar-refractivity contribution in [1.82, 2.24) is 14.5 Å². The zero-order valence-electron chi connectivity index (χ0n) is 9.16. The number of nitrogen functional groups attached to an aromatic ring is 1. The zero-order chi connectivity index (χ0) is 13.1. The van der Waals surface area contributed by atoms with Crippen LogP contribution in [0.15, 0.2) is 34.5 Å². The smallest absolute Gasteiger partial charge is 0.283 e. The molecule has 2 rings (SSSR count). The van der Waals surface area contributed by atoms with Gasteiger partial charge in [0.25, 0.3) is 5.56 Å². The number of nitrogens with zero attached hydrogens (tertiary/aromatic N) is 3. The van der Waals surface area contributed by atoms with Crippen LogP contribution in [0.4, 0.5) is 11.5 Å². The summed E-state index contributed by atoms with van der Waals surface area (Å²) in [5, 5.41) is 2.61. The standard InChI is InChI=1S/C10H9N5O2S/c11-8-7(14-17)9(16)13-10(18)15(8)5-6-1-3-12-4-2-6/h1-4H,5,11H2,(H,13,16,18). The molecule has 0 aromatic carbocycles. The third kappa shape index (κ3) is 2.18. The van der Waals surface area contributed by atoms with Crippen LogP contribution in [0.25, 0.3) is 0 Å². The summed E-state index contributed by atoms with van der Waals surface area (Å²) in [5.41, 5.74) is 5.55. The number of H-pyrrole nitrogens is 1.